The molecule has 0 aromatic heterocycles. The summed E-state index contributed by atoms with van der Waals surface area (Å²) in [5, 5.41) is 0. The van der Waals surface area contributed by atoms with Crippen molar-refractivity contribution >= 4 is 5.91 Å². The van der Waals surface area contributed by atoms with Gasteiger partial charge in [0.1, 0.15) is 0 Å². The number of rotatable bonds is 6. The molecule has 2 heteroatoms. The summed E-state index contributed by atoms with van der Waals surface area (Å²) in [6.07, 6.45) is 6.83. The van der Waals surface area contributed by atoms with E-state index in [9.17, 15) is 4.79 Å². The zero-order chi connectivity index (χ0) is 23.4. The second-order valence-corrected chi connectivity index (χ2v) is 8.12. The number of fused-ring (bicyclic) bond motifs is 1. The predicted octanol–water partition coefficient (Wildman–Crippen LogP) is 7.89. The van der Waals surface area contributed by atoms with E-state index in [0.29, 0.717) is 5.92 Å². The van der Waals surface area contributed by atoms with Gasteiger partial charge in [-0.05, 0) is 73.8 Å². The van der Waals surface area contributed by atoms with Gasteiger partial charge in [0.2, 0.25) is 0 Å². The minimum Gasteiger partial charge on any atom is -0.341 e. The molecule has 1 amide bonds. The molecule has 0 aliphatic heterocycles. The van der Waals surface area contributed by atoms with Crippen LogP contribution in [0.4, 0.5) is 0 Å². The molecule has 0 N–H and O–H groups in total. The molecule has 1 aliphatic carbocycles. The Morgan fingerprint density at radius 1 is 1.00 bits per heavy atom. The van der Waals surface area contributed by atoms with Gasteiger partial charge in [0.05, 0.1) is 0 Å². The maximum Gasteiger partial charge on any atom is 0.254 e. The monoisotopic (exact) mass is 423 g/mol. The van der Waals surface area contributed by atoms with E-state index in [0.717, 1.165) is 37.8 Å². The lowest BCUT2D eigenvalue weighted by Crippen LogP contribution is -2.33. The van der Waals surface area contributed by atoms with Crippen LogP contribution in [0, 0.1) is 13.8 Å². The van der Waals surface area contributed by atoms with E-state index in [2.05, 4.69) is 57.2 Å². The van der Waals surface area contributed by atoms with Gasteiger partial charge in [-0.25, -0.2) is 0 Å². The summed E-state index contributed by atoms with van der Waals surface area (Å²) in [4.78, 5) is 15.4. The summed E-state index contributed by atoms with van der Waals surface area (Å²) in [6.45, 7) is 15.3. The summed E-state index contributed by atoms with van der Waals surface area (Å²) < 4.78 is 0. The van der Waals surface area contributed by atoms with E-state index in [-0.39, 0.29) is 5.91 Å². The summed E-state index contributed by atoms with van der Waals surface area (Å²) in [5.41, 5.74) is 7.44. The first-order chi connectivity index (χ1) is 15.0. The van der Waals surface area contributed by atoms with Crippen molar-refractivity contribution in [1.82, 2.24) is 4.90 Å². The molecular weight excluding hydrogens is 378 g/mol. The first-order valence-electron chi connectivity index (χ1n) is 12.4. The van der Waals surface area contributed by atoms with Gasteiger partial charge in [-0.3, -0.25) is 4.79 Å². The predicted molar refractivity (Wildman–Crippen MR) is 136 cm³/mol. The molecule has 1 unspecified atom stereocenters. The van der Waals surface area contributed by atoms with Gasteiger partial charge in [-0.2, -0.15) is 0 Å². The van der Waals surface area contributed by atoms with E-state index in [4.69, 9.17) is 0 Å². The standard InChI is InChI=1S/C25H33NO.2C2H6/c1-5-11-22(20-12-7-6-8-13-20)17-26(4)25(27)24-19(3)18(2)16-21-14-9-10-15-23(21)24;2*1-2/h6-8,12-13,16,22H,5,9-11,14-15,17H2,1-4H3;2*1-2H3. The Morgan fingerprint density at radius 3 is 2.23 bits per heavy atom. The number of aryl methyl sites for hydroxylation is 2. The summed E-state index contributed by atoms with van der Waals surface area (Å²) in [7, 11) is 1.98. The molecule has 2 aromatic rings. The third-order valence-corrected chi connectivity index (χ3v) is 6.13. The van der Waals surface area contributed by atoms with Crippen molar-refractivity contribution in [3.8, 4) is 0 Å². The van der Waals surface area contributed by atoms with E-state index in [1.165, 1.54) is 40.7 Å². The highest BCUT2D eigenvalue weighted by Gasteiger charge is 2.25. The Labute approximate surface area is 192 Å². The van der Waals surface area contributed by atoms with Crippen molar-refractivity contribution in [2.24, 2.45) is 0 Å². The number of hydrogen-bond donors (Lipinski definition) is 0. The Balaban J connectivity index is 0.00000113. The van der Waals surface area contributed by atoms with Crippen LogP contribution in [0.15, 0.2) is 36.4 Å². The van der Waals surface area contributed by atoms with E-state index >= 15 is 0 Å². The van der Waals surface area contributed by atoms with Gasteiger partial charge in [-0.15, -0.1) is 0 Å². The minimum atomic E-state index is 0.200. The lowest BCUT2D eigenvalue weighted by Gasteiger charge is -2.28. The largest absolute Gasteiger partial charge is 0.341 e. The van der Waals surface area contributed by atoms with Crippen LogP contribution in [-0.2, 0) is 12.8 Å². The molecule has 1 aliphatic rings. The minimum absolute atomic E-state index is 0.200. The maximum absolute atomic E-state index is 13.5. The van der Waals surface area contributed by atoms with Gasteiger partial charge in [0.15, 0.2) is 0 Å². The van der Waals surface area contributed by atoms with Crippen molar-refractivity contribution in [3.05, 3.63) is 69.8 Å². The smallest absolute Gasteiger partial charge is 0.254 e. The summed E-state index contributed by atoms with van der Waals surface area (Å²) in [5.74, 6) is 0.595. The topological polar surface area (TPSA) is 20.3 Å². The molecule has 0 saturated heterocycles. The fourth-order valence-corrected chi connectivity index (χ4v) is 4.50. The van der Waals surface area contributed by atoms with Crippen molar-refractivity contribution in [1.29, 1.82) is 0 Å². The molecule has 1 atom stereocenters. The summed E-state index contributed by atoms with van der Waals surface area (Å²) in [6, 6.07) is 13.0. The molecule has 2 nitrogen and oxygen atoms in total. The lowest BCUT2D eigenvalue weighted by molar-refractivity contribution is 0.0782. The van der Waals surface area contributed by atoms with Crippen LogP contribution in [0.3, 0.4) is 0 Å². The normalized spacial score (nSPS) is 13.0. The number of hydrogen-bond acceptors (Lipinski definition) is 1. The third-order valence-electron chi connectivity index (χ3n) is 6.13. The van der Waals surface area contributed by atoms with Crippen LogP contribution in [0.5, 0.6) is 0 Å². The van der Waals surface area contributed by atoms with Crippen LogP contribution in [0.2, 0.25) is 0 Å². The highest BCUT2D eigenvalue weighted by Crippen LogP contribution is 2.31. The number of benzene rings is 2. The molecule has 2 aromatic carbocycles. The summed E-state index contributed by atoms with van der Waals surface area (Å²) >= 11 is 0. The van der Waals surface area contributed by atoms with E-state index < -0.39 is 0 Å². The molecule has 172 valence electrons. The van der Waals surface area contributed by atoms with Crippen molar-refractivity contribution in [2.45, 2.75) is 92.9 Å². The average Bonchev–Trinajstić information content (AvgIpc) is 2.82. The quantitative estimate of drug-likeness (QED) is 0.462. The lowest BCUT2D eigenvalue weighted by atomic mass is 9.83. The zero-order valence-corrected chi connectivity index (χ0v) is 21.3. The molecule has 0 spiro atoms. The highest BCUT2D eigenvalue weighted by molar-refractivity contribution is 5.98. The molecule has 0 fully saturated rings. The van der Waals surface area contributed by atoms with Crippen LogP contribution in [0.25, 0.3) is 0 Å². The van der Waals surface area contributed by atoms with Crippen LogP contribution >= 0.6 is 0 Å². The molecule has 3 rings (SSSR count). The number of likely N-dealkylation sites (N-methyl/N-ethyl adjacent to an activating group) is 1. The second kappa shape index (κ2) is 14.1. The van der Waals surface area contributed by atoms with Gasteiger partial charge < -0.3 is 4.90 Å². The van der Waals surface area contributed by atoms with Gasteiger partial charge in [0.25, 0.3) is 5.91 Å². The van der Waals surface area contributed by atoms with Crippen LogP contribution in [0.1, 0.15) is 104 Å². The van der Waals surface area contributed by atoms with Gasteiger partial charge in [-0.1, -0.05) is 77.4 Å². The molecule has 31 heavy (non-hydrogen) atoms. The Kier molecular flexibility index (Phi) is 12.2. The number of amides is 1. The van der Waals surface area contributed by atoms with E-state index in [1.54, 1.807) is 0 Å². The van der Waals surface area contributed by atoms with Crippen LogP contribution < -0.4 is 0 Å². The maximum atomic E-state index is 13.5. The highest BCUT2D eigenvalue weighted by atomic mass is 16.2. The van der Waals surface area contributed by atoms with Crippen LogP contribution in [-0.4, -0.2) is 24.4 Å². The molecule has 0 bridgehead atoms. The fraction of sp³-hybridized carbons (Fsp3) is 0.552. The average molecular weight is 424 g/mol. The SMILES string of the molecule is CC.CC.CCCC(CN(C)C(=O)c1c(C)c(C)cc2c1CCCC2)c1ccccc1. The van der Waals surface area contributed by atoms with E-state index in [1.807, 2.05) is 39.6 Å². The molecule has 0 radical (unpaired) electrons. The number of carbonyl (C=O) groups is 1. The first kappa shape index (κ1) is 26.9. The second-order valence-electron chi connectivity index (χ2n) is 8.12. The van der Waals surface area contributed by atoms with Gasteiger partial charge >= 0.3 is 0 Å². The molecule has 0 heterocycles. The number of carbonyl (C=O) groups excluding carboxylic acids is 1. The Bertz CT molecular complexity index is 794. The van der Waals surface area contributed by atoms with Crippen molar-refractivity contribution in [2.75, 3.05) is 13.6 Å². The van der Waals surface area contributed by atoms with Crippen molar-refractivity contribution < 1.29 is 4.79 Å². The first-order valence-corrected chi connectivity index (χ1v) is 12.4. The van der Waals surface area contributed by atoms with Gasteiger partial charge in [0, 0.05) is 25.1 Å². The zero-order valence-electron chi connectivity index (χ0n) is 21.3. The number of nitrogens with zero attached hydrogens (tertiary/aromatic N) is 1. The molecule has 0 saturated carbocycles. The molecular formula is C29H45NO. The Hall–Kier alpha value is -2.09. The fourth-order valence-electron chi connectivity index (χ4n) is 4.50. The third kappa shape index (κ3) is 6.95. The van der Waals surface area contributed by atoms with Crippen molar-refractivity contribution in [3.63, 3.8) is 0 Å². The Morgan fingerprint density at radius 2 is 1.61 bits per heavy atom.